The minimum atomic E-state index is 0.128. The largest absolute Gasteiger partial charge is 0.358 e. The van der Waals surface area contributed by atoms with Gasteiger partial charge < -0.3 is 4.98 Å². The lowest BCUT2D eigenvalue weighted by Gasteiger charge is -2.22. The lowest BCUT2D eigenvalue weighted by atomic mass is 10.1. The highest BCUT2D eigenvalue weighted by molar-refractivity contribution is 6.32. The minimum absolute atomic E-state index is 0.128. The first-order chi connectivity index (χ1) is 10.5. The summed E-state index contributed by atoms with van der Waals surface area (Å²) in [5.41, 5.74) is 3.74. The fraction of sp³-hybridized carbons (Fsp3) is 0.500. The van der Waals surface area contributed by atoms with Gasteiger partial charge in [0.1, 0.15) is 0 Å². The van der Waals surface area contributed by atoms with Crippen LogP contribution in [0.4, 0.5) is 0 Å². The topological polar surface area (TPSA) is 36.1 Å². The lowest BCUT2D eigenvalue weighted by molar-refractivity contribution is 0.265. The van der Waals surface area contributed by atoms with E-state index in [4.69, 9.17) is 11.6 Å². The van der Waals surface area contributed by atoms with Gasteiger partial charge in [-0.2, -0.15) is 0 Å². The Morgan fingerprint density at radius 3 is 2.36 bits per heavy atom. The number of pyridine rings is 1. The van der Waals surface area contributed by atoms with E-state index in [1.54, 1.807) is 0 Å². The van der Waals surface area contributed by atoms with Crippen LogP contribution in [-0.2, 0) is 6.54 Å². The molecule has 4 heteroatoms. The van der Waals surface area contributed by atoms with E-state index >= 15 is 0 Å². The molecule has 0 aliphatic rings. The third kappa shape index (κ3) is 3.36. The normalized spacial score (nSPS) is 11.5. The van der Waals surface area contributed by atoms with Crippen LogP contribution in [0.2, 0.25) is 5.02 Å². The number of aryl methyl sites for hydroxylation is 2. The maximum atomic E-state index is 12.9. The molecular formula is C18H25ClN2O. The summed E-state index contributed by atoms with van der Waals surface area (Å²) in [7, 11) is 0. The van der Waals surface area contributed by atoms with Crippen molar-refractivity contribution in [3.63, 3.8) is 0 Å². The van der Waals surface area contributed by atoms with Gasteiger partial charge in [0, 0.05) is 28.2 Å². The summed E-state index contributed by atoms with van der Waals surface area (Å²) in [5.74, 6) is 0. The first-order valence-corrected chi connectivity index (χ1v) is 8.40. The molecule has 1 heterocycles. The summed E-state index contributed by atoms with van der Waals surface area (Å²) in [4.78, 5) is 18.6. The number of rotatable bonds is 6. The number of aromatic amines is 1. The number of halogens is 1. The summed E-state index contributed by atoms with van der Waals surface area (Å²) in [6.45, 7) is 11.0. The van der Waals surface area contributed by atoms with E-state index in [9.17, 15) is 4.79 Å². The molecule has 0 saturated heterocycles. The quantitative estimate of drug-likeness (QED) is 0.855. The molecule has 0 bridgehead atoms. The van der Waals surface area contributed by atoms with Crippen LogP contribution in [0.5, 0.6) is 0 Å². The number of nitrogens with zero attached hydrogens (tertiary/aromatic N) is 1. The van der Waals surface area contributed by atoms with E-state index in [0.717, 1.165) is 53.7 Å². The van der Waals surface area contributed by atoms with Gasteiger partial charge in [0.05, 0.1) is 5.52 Å². The van der Waals surface area contributed by atoms with Crippen molar-refractivity contribution in [2.45, 2.75) is 47.1 Å². The van der Waals surface area contributed by atoms with E-state index < -0.39 is 0 Å². The molecule has 0 aliphatic heterocycles. The second-order valence-electron chi connectivity index (χ2n) is 5.93. The Bertz CT molecular complexity index is 715. The first-order valence-electron chi connectivity index (χ1n) is 8.02. The smallest absolute Gasteiger partial charge is 0.194 e. The van der Waals surface area contributed by atoms with E-state index in [1.165, 1.54) is 0 Å². The Labute approximate surface area is 137 Å². The fourth-order valence-corrected chi connectivity index (χ4v) is 3.11. The SMILES string of the molecule is CCCN(CCC)Cc1c(C)[nH]c2c(C)c(Cl)ccc2c1=O. The number of H-pyrrole nitrogens is 1. The van der Waals surface area contributed by atoms with Crippen LogP contribution in [0.1, 0.15) is 43.5 Å². The van der Waals surface area contributed by atoms with E-state index in [-0.39, 0.29) is 5.43 Å². The van der Waals surface area contributed by atoms with Gasteiger partial charge in [-0.05, 0) is 57.5 Å². The van der Waals surface area contributed by atoms with Gasteiger partial charge in [0.25, 0.3) is 0 Å². The van der Waals surface area contributed by atoms with Crippen LogP contribution in [0.25, 0.3) is 10.9 Å². The maximum Gasteiger partial charge on any atom is 0.194 e. The highest BCUT2D eigenvalue weighted by Crippen LogP contribution is 2.23. The maximum absolute atomic E-state index is 12.9. The fourth-order valence-electron chi connectivity index (χ4n) is 2.95. The van der Waals surface area contributed by atoms with Gasteiger partial charge in [0.2, 0.25) is 0 Å². The molecule has 3 nitrogen and oxygen atoms in total. The molecule has 0 amide bonds. The standard InChI is InChI=1S/C18H25ClN2O/c1-5-9-21(10-6-2)11-15-13(4)20-17-12(3)16(19)8-7-14(17)18(15)22/h7-8H,5-6,9-11H2,1-4H3,(H,20,22). The van der Waals surface area contributed by atoms with Gasteiger partial charge in [0.15, 0.2) is 5.43 Å². The van der Waals surface area contributed by atoms with Crippen molar-refractivity contribution < 1.29 is 0 Å². The summed E-state index contributed by atoms with van der Waals surface area (Å²) in [6.07, 6.45) is 2.19. The Kier molecular flexibility index (Phi) is 5.65. The molecule has 0 aliphatic carbocycles. The zero-order chi connectivity index (χ0) is 16.3. The van der Waals surface area contributed by atoms with Crippen molar-refractivity contribution >= 4 is 22.5 Å². The van der Waals surface area contributed by atoms with E-state index in [2.05, 4.69) is 23.7 Å². The molecular weight excluding hydrogens is 296 g/mol. The molecule has 1 aromatic heterocycles. The second-order valence-corrected chi connectivity index (χ2v) is 6.34. The van der Waals surface area contributed by atoms with Crippen LogP contribution in [-0.4, -0.2) is 23.0 Å². The van der Waals surface area contributed by atoms with Crippen LogP contribution < -0.4 is 5.43 Å². The molecule has 1 aromatic carbocycles. The lowest BCUT2D eigenvalue weighted by Crippen LogP contribution is -2.29. The van der Waals surface area contributed by atoms with Crippen LogP contribution in [0, 0.1) is 13.8 Å². The molecule has 22 heavy (non-hydrogen) atoms. The van der Waals surface area contributed by atoms with Gasteiger partial charge in [-0.25, -0.2) is 0 Å². The molecule has 0 fully saturated rings. The Morgan fingerprint density at radius 2 is 1.77 bits per heavy atom. The monoisotopic (exact) mass is 320 g/mol. The van der Waals surface area contributed by atoms with Gasteiger partial charge >= 0.3 is 0 Å². The van der Waals surface area contributed by atoms with E-state index in [0.29, 0.717) is 11.6 Å². The average Bonchev–Trinajstić information content (AvgIpc) is 2.48. The molecule has 2 aromatic rings. The molecule has 0 spiro atoms. The van der Waals surface area contributed by atoms with Gasteiger partial charge in [-0.1, -0.05) is 25.4 Å². The van der Waals surface area contributed by atoms with Crippen molar-refractivity contribution in [2.75, 3.05) is 13.1 Å². The number of nitrogens with one attached hydrogen (secondary N) is 1. The average molecular weight is 321 g/mol. The van der Waals surface area contributed by atoms with Crippen molar-refractivity contribution in [3.8, 4) is 0 Å². The number of hydrogen-bond acceptors (Lipinski definition) is 2. The summed E-state index contributed by atoms with van der Waals surface area (Å²) in [6, 6.07) is 3.64. The third-order valence-corrected chi connectivity index (χ3v) is 4.55. The first kappa shape index (κ1) is 17.0. The predicted molar refractivity (Wildman–Crippen MR) is 94.9 cm³/mol. The Morgan fingerprint density at radius 1 is 1.14 bits per heavy atom. The highest BCUT2D eigenvalue weighted by atomic mass is 35.5. The Hall–Kier alpha value is -1.32. The number of benzene rings is 1. The summed E-state index contributed by atoms with van der Waals surface area (Å²) >= 11 is 6.17. The van der Waals surface area contributed by atoms with Crippen molar-refractivity contribution in [1.82, 2.24) is 9.88 Å². The van der Waals surface area contributed by atoms with Gasteiger partial charge in [-0.3, -0.25) is 9.69 Å². The number of hydrogen-bond donors (Lipinski definition) is 1. The molecule has 2 rings (SSSR count). The van der Waals surface area contributed by atoms with Crippen LogP contribution in [0.3, 0.4) is 0 Å². The zero-order valence-electron chi connectivity index (χ0n) is 13.9. The number of aromatic nitrogens is 1. The second kappa shape index (κ2) is 7.30. The molecule has 0 saturated carbocycles. The predicted octanol–water partition coefficient (Wildman–Crippen LogP) is 4.42. The molecule has 0 radical (unpaired) electrons. The zero-order valence-corrected chi connectivity index (χ0v) is 14.7. The molecule has 0 atom stereocenters. The Balaban J connectivity index is 2.51. The molecule has 0 unspecified atom stereocenters. The number of fused-ring (bicyclic) bond motifs is 1. The van der Waals surface area contributed by atoms with E-state index in [1.807, 2.05) is 26.0 Å². The van der Waals surface area contributed by atoms with Crippen molar-refractivity contribution in [2.24, 2.45) is 0 Å². The minimum Gasteiger partial charge on any atom is -0.358 e. The van der Waals surface area contributed by atoms with Crippen molar-refractivity contribution in [3.05, 3.63) is 44.2 Å². The van der Waals surface area contributed by atoms with Crippen LogP contribution in [0.15, 0.2) is 16.9 Å². The highest BCUT2D eigenvalue weighted by Gasteiger charge is 2.14. The molecule has 120 valence electrons. The third-order valence-electron chi connectivity index (χ3n) is 4.14. The summed E-state index contributed by atoms with van der Waals surface area (Å²) in [5, 5.41) is 1.42. The van der Waals surface area contributed by atoms with Crippen LogP contribution >= 0.6 is 11.6 Å². The van der Waals surface area contributed by atoms with Gasteiger partial charge in [-0.15, -0.1) is 0 Å². The van der Waals surface area contributed by atoms with Crippen molar-refractivity contribution in [1.29, 1.82) is 0 Å². The summed E-state index contributed by atoms with van der Waals surface area (Å²) < 4.78 is 0. The molecule has 1 N–H and O–H groups in total.